The fraction of sp³-hybridized carbons (Fsp3) is 0.867. The van der Waals surface area contributed by atoms with Gasteiger partial charge in [0.1, 0.15) is 0 Å². The number of urea groups is 1. The molecule has 0 aliphatic heterocycles. The zero-order valence-electron chi connectivity index (χ0n) is 12.9. The van der Waals surface area contributed by atoms with Crippen molar-refractivity contribution in [3.63, 3.8) is 0 Å². The van der Waals surface area contributed by atoms with Gasteiger partial charge in [0.05, 0.1) is 6.42 Å². The van der Waals surface area contributed by atoms with Gasteiger partial charge in [-0.2, -0.15) is 0 Å². The number of rotatable bonds is 6. The van der Waals surface area contributed by atoms with Crippen LogP contribution in [-0.2, 0) is 4.79 Å². The van der Waals surface area contributed by atoms with Gasteiger partial charge in [0.2, 0.25) is 0 Å². The molecule has 0 saturated heterocycles. The number of carbonyl (C=O) groups is 2. The van der Waals surface area contributed by atoms with E-state index in [0.717, 1.165) is 32.1 Å². The van der Waals surface area contributed by atoms with E-state index >= 15 is 0 Å². The summed E-state index contributed by atoms with van der Waals surface area (Å²) >= 11 is 0. The lowest BCUT2D eigenvalue weighted by atomic mass is 9.72. The van der Waals surface area contributed by atoms with Gasteiger partial charge in [0, 0.05) is 19.6 Å². The van der Waals surface area contributed by atoms with Gasteiger partial charge in [-0.05, 0) is 31.6 Å². The molecule has 1 aliphatic rings. The molecule has 0 aromatic carbocycles. The van der Waals surface area contributed by atoms with E-state index in [1.165, 1.54) is 6.42 Å². The molecular weight excluding hydrogens is 256 g/mol. The Hall–Kier alpha value is -1.26. The second-order valence-electron chi connectivity index (χ2n) is 6.16. The van der Waals surface area contributed by atoms with Gasteiger partial charge in [-0.3, -0.25) is 4.79 Å². The molecule has 0 aromatic rings. The number of nitrogens with one attached hydrogen (secondary N) is 1. The Balaban J connectivity index is 2.58. The van der Waals surface area contributed by atoms with Crippen molar-refractivity contribution in [2.45, 2.75) is 64.8 Å². The highest BCUT2D eigenvalue weighted by molar-refractivity contribution is 5.74. The van der Waals surface area contributed by atoms with Crippen LogP contribution in [0.25, 0.3) is 0 Å². The standard InChI is InChI=1S/C15H28N2O3/c1-4-12(2)17(3)14(20)16-11-15(10-13(18)19)8-6-5-7-9-15/h12H,4-11H2,1-3H3,(H,16,20)(H,18,19). The lowest BCUT2D eigenvalue weighted by Crippen LogP contribution is -2.47. The lowest BCUT2D eigenvalue weighted by molar-refractivity contribution is -0.140. The summed E-state index contributed by atoms with van der Waals surface area (Å²) in [6.45, 7) is 4.52. The maximum absolute atomic E-state index is 12.1. The first-order valence-corrected chi connectivity index (χ1v) is 7.62. The van der Waals surface area contributed by atoms with Crippen LogP contribution in [0.2, 0.25) is 0 Å². The first kappa shape index (κ1) is 16.8. The SMILES string of the molecule is CCC(C)N(C)C(=O)NCC1(CC(=O)O)CCCCC1. The first-order chi connectivity index (χ1) is 9.40. The molecule has 0 radical (unpaired) electrons. The van der Waals surface area contributed by atoms with E-state index in [4.69, 9.17) is 5.11 Å². The summed E-state index contributed by atoms with van der Waals surface area (Å²) < 4.78 is 0. The fourth-order valence-electron chi connectivity index (χ4n) is 2.90. The summed E-state index contributed by atoms with van der Waals surface area (Å²) in [5.41, 5.74) is -0.254. The van der Waals surface area contributed by atoms with Crippen LogP contribution < -0.4 is 5.32 Å². The second-order valence-corrected chi connectivity index (χ2v) is 6.16. The molecule has 1 rings (SSSR count). The maximum atomic E-state index is 12.1. The van der Waals surface area contributed by atoms with Gasteiger partial charge in [-0.1, -0.05) is 26.2 Å². The molecule has 2 amide bonds. The van der Waals surface area contributed by atoms with Gasteiger partial charge in [0.25, 0.3) is 0 Å². The van der Waals surface area contributed by atoms with Crippen molar-refractivity contribution in [2.24, 2.45) is 5.41 Å². The van der Waals surface area contributed by atoms with Crippen molar-refractivity contribution in [1.29, 1.82) is 0 Å². The number of nitrogens with zero attached hydrogens (tertiary/aromatic N) is 1. The number of amides is 2. The largest absolute Gasteiger partial charge is 0.481 e. The van der Waals surface area contributed by atoms with Gasteiger partial charge in [0.15, 0.2) is 0 Å². The predicted octanol–water partition coefficient (Wildman–Crippen LogP) is 2.85. The average Bonchev–Trinajstić information content (AvgIpc) is 2.43. The Kier molecular flexibility index (Phi) is 6.30. The van der Waals surface area contributed by atoms with E-state index in [1.54, 1.807) is 11.9 Å². The molecule has 20 heavy (non-hydrogen) atoms. The number of hydrogen-bond donors (Lipinski definition) is 2. The van der Waals surface area contributed by atoms with Gasteiger partial charge in [-0.15, -0.1) is 0 Å². The highest BCUT2D eigenvalue weighted by Crippen LogP contribution is 2.38. The minimum Gasteiger partial charge on any atom is -0.481 e. The average molecular weight is 284 g/mol. The second kappa shape index (κ2) is 7.50. The number of carboxylic acid groups (broad SMARTS) is 1. The van der Waals surface area contributed by atoms with Crippen molar-refractivity contribution in [3.05, 3.63) is 0 Å². The topological polar surface area (TPSA) is 69.6 Å². The normalized spacial score (nSPS) is 19.1. The van der Waals surface area contributed by atoms with E-state index in [1.807, 2.05) is 13.8 Å². The van der Waals surface area contributed by atoms with Crippen LogP contribution in [0.3, 0.4) is 0 Å². The van der Waals surface area contributed by atoms with Crippen molar-refractivity contribution < 1.29 is 14.7 Å². The third-order valence-corrected chi connectivity index (χ3v) is 4.63. The molecular formula is C15H28N2O3. The molecule has 1 aliphatic carbocycles. The van der Waals surface area contributed by atoms with Crippen molar-refractivity contribution in [1.82, 2.24) is 10.2 Å². The molecule has 1 unspecified atom stereocenters. The van der Waals surface area contributed by atoms with E-state index in [0.29, 0.717) is 6.54 Å². The highest BCUT2D eigenvalue weighted by Gasteiger charge is 2.35. The number of hydrogen-bond acceptors (Lipinski definition) is 2. The maximum Gasteiger partial charge on any atom is 0.317 e. The van der Waals surface area contributed by atoms with E-state index in [9.17, 15) is 9.59 Å². The van der Waals surface area contributed by atoms with Crippen LogP contribution in [0.4, 0.5) is 4.79 Å². The molecule has 116 valence electrons. The first-order valence-electron chi connectivity index (χ1n) is 7.62. The minimum absolute atomic E-state index is 0.102. The van der Waals surface area contributed by atoms with Crippen LogP contribution in [-0.4, -0.2) is 41.6 Å². The number of carbonyl (C=O) groups excluding carboxylic acids is 1. The van der Waals surface area contributed by atoms with Crippen LogP contribution in [0.15, 0.2) is 0 Å². The Bertz CT molecular complexity index is 338. The molecule has 0 aromatic heterocycles. The molecule has 0 bridgehead atoms. The van der Waals surface area contributed by atoms with Crippen LogP contribution in [0.5, 0.6) is 0 Å². The summed E-state index contributed by atoms with van der Waals surface area (Å²) in [6.07, 6.45) is 6.14. The van der Waals surface area contributed by atoms with Gasteiger partial charge in [-0.25, -0.2) is 4.79 Å². The Morgan fingerprint density at radius 1 is 1.30 bits per heavy atom. The summed E-state index contributed by atoms with van der Waals surface area (Å²) in [4.78, 5) is 24.9. The van der Waals surface area contributed by atoms with Crippen molar-refractivity contribution >= 4 is 12.0 Å². The number of aliphatic carboxylic acids is 1. The molecule has 5 heteroatoms. The zero-order valence-corrected chi connectivity index (χ0v) is 12.9. The molecule has 0 spiro atoms. The minimum atomic E-state index is -0.767. The van der Waals surface area contributed by atoms with Crippen LogP contribution >= 0.6 is 0 Å². The predicted molar refractivity (Wildman–Crippen MR) is 78.7 cm³/mol. The van der Waals surface area contributed by atoms with E-state index in [-0.39, 0.29) is 23.9 Å². The monoisotopic (exact) mass is 284 g/mol. The molecule has 0 heterocycles. The Labute approximate surface area is 121 Å². The molecule has 1 saturated carbocycles. The zero-order chi connectivity index (χ0) is 15.2. The fourth-order valence-corrected chi connectivity index (χ4v) is 2.90. The molecule has 1 atom stereocenters. The summed E-state index contributed by atoms with van der Waals surface area (Å²) in [6, 6.07) is 0.0893. The van der Waals surface area contributed by atoms with Crippen molar-refractivity contribution in [3.8, 4) is 0 Å². The van der Waals surface area contributed by atoms with E-state index < -0.39 is 5.97 Å². The summed E-state index contributed by atoms with van der Waals surface area (Å²) in [7, 11) is 1.79. The molecule has 2 N–H and O–H groups in total. The van der Waals surface area contributed by atoms with Gasteiger partial charge < -0.3 is 15.3 Å². The van der Waals surface area contributed by atoms with Gasteiger partial charge >= 0.3 is 12.0 Å². The Morgan fingerprint density at radius 3 is 2.40 bits per heavy atom. The van der Waals surface area contributed by atoms with Crippen LogP contribution in [0, 0.1) is 5.41 Å². The summed E-state index contributed by atoms with van der Waals surface area (Å²) in [5.74, 6) is -0.767. The third kappa shape index (κ3) is 4.69. The lowest BCUT2D eigenvalue weighted by Gasteiger charge is -2.37. The Morgan fingerprint density at radius 2 is 1.90 bits per heavy atom. The quantitative estimate of drug-likeness (QED) is 0.788. The van der Waals surface area contributed by atoms with Crippen molar-refractivity contribution in [2.75, 3.05) is 13.6 Å². The van der Waals surface area contributed by atoms with E-state index in [2.05, 4.69) is 5.32 Å². The molecule has 5 nitrogen and oxygen atoms in total. The smallest absolute Gasteiger partial charge is 0.317 e. The number of carboxylic acids is 1. The van der Waals surface area contributed by atoms with Crippen LogP contribution in [0.1, 0.15) is 58.8 Å². The highest BCUT2D eigenvalue weighted by atomic mass is 16.4. The third-order valence-electron chi connectivity index (χ3n) is 4.63. The molecule has 1 fully saturated rings. The summed E-state index contributed by atoms with van der Waals surface area (Å²) in [5, 5.41) is 12.0.